The topological polar surface area (TPSA) is 94.7 Å². The molecule has 21 heavy (non-hydrogen) atoms. The smallest absolute Gasteiger partial charge is 0.337 e. The van der Waals surface area contributed by atoms with Crippen molar-refractivity contribution in [3.05, 3.63) is 48.0 Å². The van der Waals surface area contributed by atoms with Crippen LogP contribution in [0.25, 0.3) is 33.5 Å². The lowest BCUT2D eigenvalue weighted by Gasteiger charge is -1.94. The molecule has 2 heterocycles. The molecule has 0 saturated heterocycles. The maximum absolute atomic E-state index is 11.3. The summed E-state index contributed by atoms with van der Waals surface area (Å²) in [6, 6.07) is 12.7. The maximum atomic E-state index is 11.3. The van der Waals surface area contributed by atoms with E-state index in [1.165, 1.54) is 0 Å². The molecule has 0 radical (unpaired) electrons. The van der Waals surface area contributed by atoms with Gasteiger partial charge in [0.2, 0.25) is 0 Å². The monoisotopic (exact) mass is 278 g/mol. The van der Waals surface area contributed by atoms with E-state index in [0.29, 0.717) is 22.6 Å². The minimum Gasteiger partial charge on any atom is -0.478 e. The van der Waals surface area contributed by atoms with Crippen molar-refractivity contribution >= 4 is 27.9 Å². The summed E-state index contributed by atoms with van der Waals surface area (Å²) in [5, 5.41) is 17.4. The van der Waals surface area contributed by atoms with E-state index in [1.54, 1.807) is 18.2 Å². The van der Waals surface area contributed by atoms with Gasteiger partial charge in [-0.15, -0.1) is 0 Å². The number of rotatable bonds is 2. The third kappa shape index (κ3) is 1.69. The Hall–Kier alpha value is -3.15. The summed E-state index contributed by atoms with van der Waals surface area (Å²) in [5.41, 5.74) is 2.90. The molecule has 0 bridgehead atoms. The van der Waals surface area contributed by atoms with Crippen molar-refractivity contribution in [2.45, 2.75) is 0 Å². The van der Waals surface area contributed by atoms with Gasteiger partial charge in [-0.25, -0.2) is 9.78 Å². The summed E-state index contributed by atoms with van der Waals surface area (Å²) < 4.78 is 0. The van der Waals surface area contributed by atoms with Gasteiger partial charge < -0.3 is 10.1 Å². The first-order valence-corrected chi connectivity index (χ1v) is 6.39. The molecule has 0 fully saturated rings. The number of H-pyrrole nitrogens is 2. The number of carboxylic acids is 1. The highest BCUT2D eigenvalue weighted by atomic mass is 16.4. The van der Waals surface area contributed by atoms with Crippen LogP contribution < -0.4 is 0 Å². The quantitative estimate of drug-likeness (QED) is 0.525. The summed E-state index contributed by atoms with van der Waals surface area (Å²) >= 11 is 0. The minimum atomic E-state index is -0.984. The van der Waals surface area contributed by atoms with Crippen LogP contribution in [0.2, 0.25) is 0 Å². The van der Waals surface area contributed by atoms with Gasteiger partial charge in [-0.3, -0.25) is 5.10 Å². The summed E-state index contributed by atoms with van der Waals surface area (Å²) in [7, 11) is 0. The molecule has 0 aliphatic heterocycles. The van der Waals surface area contributed by atoms with Crippen LogP contribution in [-0.4, -0.2) is 31.2 Å². The number of hydrogen-bond acceptors (Lipinski definition) is 3. The highest BCUT2D eigenvalue weighted by molar-refractivity contribution is 6.02. The van der Waals surface area contributed by atoms with Gasteiger partial charge in [0, 0.05) is 5.39 Å². The van der Waals surface area contributed by atoms with Gasteiger partial charge in [0.1, 0.15) is 5.69 Å². The number of imidazole rings is 1. The largest absolute Gasteiger partial charge is 0.478 e. The third-order valence-electron chi connectivity index (χ3n) is 3.44. The van der Waals surface area contributed by atoms with Crippen molar-refractivity contribution in [3.8, 4) is 11.5 Å². The molecular formula is C15H10N4O2. The Bertz CT molecular complexity index is 984. The van der Waals surface area contributed by atoms with E-state index < -0.39 is 5.97 Å². The molecule has 0 aliphatic carbocycles. The maximum Gasteiger partial charge on any atom is 0.337 e. The number of nitrogens with zero attached hydrogens (tertiary/aromatic N) is 2. The van der Waals surface area contributed by atoms with Gasteiger partial charge in [0.05, 0.1) is 22.1 Å². The minimum absolute atomic E-state index is 0.200. The number of aromatic carboxylic acids is 1. The first-order chi connectivity index (χ1) is 10.2. The first kappa shape index (κ1) is 11.7. The van der Waals surface area contributed by atoms with E-state index >= 15 is 0 Å². The predicted molar refractivity (Wildman–Crippen MR) is 78.1 cm³/mol. The summed E-state index contributed by atoms with van der Waals surface area (Å²) in [6.07, 6.45) is 0. The molecule has 0 atom stereocenters. The van der Waals surface area contributed by atoms with Crippen LogP contribution in [0, 0.1) is 0 Å². The molecule has 0 spiro atoms. The number of carbonyl (C=O) groups is 1. The van der Waals surface area contributed by atoms with Crippen molar-refractivity contribution in [3.63, 3.8) is 0 Å². The Morgan fingerprint density at radius 3 is 2.81 bits per heavy atom. The van der Waals surface area contributed by atoms with Crippen LogP contribution in [0.15, 0.2) is 42.5 Å². The molecule has 3 N–H and O–H groups in total. The van der Waals surface area contributed by atoms with Crippen molar-refractivity contribution in [1.29, 1.82) is 0 Å². The molecule has 4 aromatic rings. The zero-order valence-electron chi connectivity index (χ0n) is 10.8. The molecule has 6 nitrogen and oxygen atoms in total. The number of hydrogen-bond donors (Lipinski definition) is 3. The second-order valence-corrected chi connectivity index (χ2v) is 4.71. The van der Waals surface area contributed by atoms with Crippen LogP contribution in [0.5, 0.6) is 0 Å². The Labute approximate surface area is 118 Å². The van der Waals surface area contributed by atoms with Crippen LogP contribution >= 0.6 is 0 Å². The van der Waals surface area contributed by atoms with Crippen LogP contribution in [0.1, 0.15) is 10.4 Å². The van der Waals surface area contributed by atoms with Gasteiger partial charge in [-0.1, -0.05) is 24.3 Å². The second kappa shape index (κ2) is 4.17. The molecule has 2 aromatic carbocycles. The lowest BCUT2D eigenvalue weighted by atomic mass is 10.2. The van der Waals surface area contributed by atoms with E-state index in [9.17, 15) is 9.90 Å². The van der Waals surface area contributed by atoms with Crippen molar-refractivity contribution < 1.29 is 9.90 Å². The van der Waals surface area contributed by atoms with Gasteiger partial charge in [-0.2, -0.15) is 5.10 Å². The fourth-order valence-electron chi connectivity index (χ4n) is 2.47. The van der Waals surface area contributed by atoms with Crippen LogP contribution in [0.4, 0.5) is 0 Å². The van der Waals surface area contributed by atoms with Gasteiger partial charge in [0.15, 0.2) is 5.82 Å². The summed E-state index contributed by atoms with van der Waals surface area (Å²) in [6.45, 7) is 0. The highest BCUT2D eigenvalue weighted by Crippen LogP contribution is 2.27. The second-order valence-electron chi connectivity index (χ2n) is 4.71. The molecule has 0 unspecified atom stereocenters. The van der Waals surface area contributed by atoms with E-state index in [4.69, 9.17) is 0 Å². The molecule has 0 amide bonds. The van der Waals surface area contributed by atoms with E-state index in [-0.39, 0.29) is 5.56 Å². The number of benzene rings is 2. The fraction of sp³-hybridized carbons (Fsp3) is 0. The Kier molecular flexibility index (Phi) is 2.32. The number of para-hydroxylation sites is 2. The van der Waals surface area contributed by atoms with Crippen LogP contribution in [0.3, 0.4) is 0 Å². The van der Waals surface area contributed by atoms with Gasteiger partial charge in [-0.05, 0) is 18.2 Å². The van der Waals surface area contributed by atoms with E-state index in [0.717, 1.165) is 10.9 Å². The number of carboxylic acid groups (broad SMARTS) is 1. The Morgan fingerprint density at radius 1 is 1.10 bits per heavy atom. The fourth-order valence-corrected chi connectivity index (χ4v) is 2.47. The molecule has 6 heteroatoms. The molecule has 102 valence electrons. The Balaban J connectivity index is 1.99. The van der Waals surface area contributed by atoms with Crippen molar-refractivity contribution in [1.82, 2.24) is 20.2 Å². The molecular weight excluding hydrogens is 268 g/mol. The van der Waals surface area contributed by atoms with Gasteiger partial charge in [0.25, 0.3) is 0 Å². The Morgan fingerprint density at radius 2 is 1.95 bits per heavy atom. The predicted octanol–water partition coefficient (Wildman–Crippen LogP) is 2.80. The zero-order chi connectivity index (χ0) is 14.4. The first-order valence-electron chi connectivity index (χ1n) is 6.39. The third-order valence-corrected chi connectivity index (χ3v) is 3.44. The number of aromatic amines is 2. The van der Waals surface area contributed by atoms with E-state index in [1.807, 2.05) is 24.3 Å². The average molecular weight is 278 g/mol. The number of aromatic nitrogens is 4. The lowest BCUT2D eigenvalue weighted by molar-refractivity contribution is 0.0699. The standard InChI is InChI=1S/C15H10N4O2/c20-15(21)9-5-3-7-11-12(9)17-14(16-11)13-8-4-1-2-6-10(8)18-19-13/h1-7H,(H,16,17)(H,18,19)(H,20,21). The highest BCUT2D eigenvalue weighted by Gasteiger charge is 2.15. The normalized spacial score (nSPS) is 11.2. The molecule has 0 aliphatic rings. The summed E-state index contributed by atoms with van der Waals surface area (Å²) in [4.78, 5) is 18.8. The SMILES string of the molecule is O=C(O)c1cccc2nc(-c3n[nH]c4ccccc34)[nH]c12. The van der Waals surface area contributed by atoms with Crippen molar-refractivity contribution in [2.24, 2.45) is 0 Å². The van der Waals surface area contributed by atoms with Crippen molar-refractivity contribution in [2.75, 3.05) is 0 Å². The number of fused-ring (bicyclic) bond motifs is 2. The molecule has 4 rings (SSSR count). The number of nitrogens with one attached hydrogen (secondary N) is 2. The average Bonchev–Trinajstić information content (AvgIpc) is 3.09. The molecule has 0 saturated carbocycles. The van der Waals surface area contributed by atoms with E-state index in [2.05, 4.69) is 20.2 Å². The molecule has 2 aromatic heterocycles. The zero-order valence-corrected chi connectivity index (χ0v) is 10.8. The lowest BCUT2D eigenvalue weighted by Crippen LogP contribution is -1.96. The van der Waals surface area contributed by atoms with Gasteiger partial charge >= 0.3 is 5.97 Å². The van der Waals surface area contributed by atoms with Crippen LogP contribution in [-0.2, 0) is 0 Å². The summed E-state index contributed by atoms with van der Waals surface area (Å²) in [5.74, 6) is -0.432.